The van der Waals surface area contributed by atoms with Gasteiger partial charge in [-0.2, -0.15) is 8.78 Å². The normalized spacial score (nSPS) is 15.8. The average molecular weight is 829 g/mol. The van der Waals surface area contributed by atoms with E-state index < -0.39 is 35.4 Å². The van der Waals surface area contributed by atoms with Crippen LogP contribution in [-0.4, -0.2) is 69.4 Å². The van der Waals surface area contributed by atoms with Crippen molar-refractivity contribution in [3.63, 3.8) is 0 Å². The standard InChI is InChI=1S/C17H16BrF2NO3S.C17H18BrNO3S/c18-14-10-15(21-6-8-24-9-7-21)12-16(11-14)25(22,23)17(19,20)13-4-2-1-3-5-13;18-15-10-16(19-6-8-22-9-7-19)12-17(11-15)23(20,21)13-14-4-2-1-3-5-14/h1-5,10-12H,6-9H2;1-5,10-12H,6-9,13H2. The molecule has 2 aliphatic heterocycles. The van der Waals surface area contributed by atoms with Crippen molar-refractivity contribution in [3.05, 3.63) is 117 Å². The number of morpholine rings is 2. The monoisotopic (exact) mass is 826 g/mol. The molecule has 2 aliphatic rings. The second kappa shape index (κ2) is 15.8. The number of halogens is 4. The molecule has 8 nitrogen and oxygen atoms in total. The summed E-state index contributed by atoms with van der Waals surface area (Å²) in [6.45, 7) is 5.04. The van der Waals surface area contributed by atoms with Gasteiger partial charge in [0.15, 0.2) is 9.84 Å². The number of sulfone groups is 2. The topological polar surface area (TPSA) is 93.2 Å². The van der Waals surface area contributed by atoms with Crippen LogP contribution in [0.15, 0.2) is 116 Å². The van der Waals surface area contributed by atoms with E-state index in [1.54, 1.807) is 24.3 Å². The number of alkyl halides is 2. The highest BCUT2D eigenvalue weighted by atomic mass is 79.9. The lowest BCUT2D eigenvalue weighted by Gasteiger charge is -2.29. The van der Waals surface area contributed by atoms with Gasteiger partial charge < -0.3 is 19.3 Å². The van der Waals surface area contributed by atoms with Crippen LogP contribution in [0.2, 0.25) is 0 Å². The van der Waals surface area contributed by atoms with E-state index in [1.165, 1.54) is 24.3 Å². The van der Waals surface area contributed by atoms with Gasteiger partial charge in [-0.25, -0.2) is 16.8 Å². The van der Waals surface area contributed by atoms with Crippen molar-refractivity contribution in [2.45, 2.75) is 20.8 Å². The Labute approximate surface area is 296 Å². The second-order valence-corrected chi connectivity index (χ2v) is 16.9. The van der Waals surface area contributed by atoms with Crippen LogP contribution in [0.5, 0.6) is 0 Å². The smallest absolute Gasteiger partial charge is 0.375 e. The molecule has 2 heterocycles. The number of nitrogens with zero attached hydrogens (tertiary/aromatic N) is 2. The summed E-state index contributed by atoms with van der Waals surface area (Å²) in [5.74, 6) is 0.00679. The first-order chi connectivity index (χ1) is 22.9. The predicted molar refractivity (Wildman–Crippen MR) is 189 cm³/mol. The van der Waals surface area contributed by atoms with Gasteiger partial charge in [0, 0.05) is 52.1 Å². The van der Waals surface area contributed by atoms with E-state index in [4.69, 9.17) is 9.47 Å². The van der Waals surface area contributed by atoms with Crippen molar-refractivity contribution in [2.75, 3.05) is 62.4 Å². The molecule has 0 unspecified atom stereocenters. The number of hydrogen-bond acceptors (Lipinski definition) is 8. The molecule has 0 amide bonds. The minimum Gasteiger partial charge on any atom is -0.378 e. The zero-order valence-corrected chi connectivity index (χ0v) is 30.6. The SMILES string of the molecule is O=S(=O)(Cc1ccccc1)c1cc(Br)cc(N2CCOCC2)c1.O=S(=O)(c1cc(Br)cc(N2CCOCC2)c1)C(F)(F)c1ccccc1. The number of benzene rings is 4. The van der Waals surface area contributed by atoms with Gasteiger partial charge in [0.1, 0.15) is 0 Å². The van der Waals surface area contributed by atoms with Crippen molar-refractivity contribution in [3.8, 4) is 0 Å². The van der Waals surface area contributed by atoms with E-state index in [2.05, 4.69) is 36.8 Å². The second-order valence-electron chi connectivity index (χ2n) is 11.1. The fourth-order valence-electron chi connectivity index (χ4n) is 5.25. The van der Waals surface area contributed by atoms with E-state index >= 15 is 0 Å². The van der Waals surface area contributed by atoms with Crippen molar-refractivity contribution in [1.82, 2.24) is 0 Å². The summed E-state index contributed by atoms with van der Waals surface area (Å²) in [5, 5.41) is -4.02. The number of anilines is 2. The van der Waals surface area contributed by atoms with Crippen molar-refractivity contribution in [2.24, 2.45) is 0 Å². The van der Waals surface area contributed by atoms with E-state index in [9.17, 15) is 25.6 Å². The van der Waals surface area contributed by atoms with Gasteiger partial charge in [0.05, 0.1) is 42.0 Å². The Morgan fingerprint density at radius 3 is 1.56 bits per heavy atom. The molecule has 0 radical (unpaired) electrons. The molecule has 0 bridgehead atoms. The van der Waals surface area contributed by atoms with Gasteiger partial charge >= 0.3 is 5.25 Å². The third kappa shape index (κ3) is 8.82. The summed E-state index contributed by atoms with van der Waals surface area (Å²) in [6.07, 6.45) is 0. The van der Waals surface area contributed by atoms with Gasteiger partial charge in [-0.05, 0) is 42.0 Å². The molecule has 0 aliphatic carbocycles. The molecule has 6 rings (SSSR count). The van der Waals surface area contributed by atoms with E-state index in [0.717, 1.165) is 40.9 Å². The Hall–Kier alpha value is -2.88. The minimum absolute atomic E-state index is 0.00679. The van der Waals surface area contributed by atoms with Crippen LogP contribution in [0, 0.1) is 0 Å². The molecule has 0 spiro atoms. The van der Waals surface area contributed by atoms with Crippen molar-refractivity contribution >= 4 is 62.9 Å². The first kappa shape index (κ1) is 36.4. The Kier molecular flexibility index (Phi) is 12.0. The Balaban J connectivity index is 0.000000188. The zero-order chi connectivity index (χ0) is 34.4. The fourth-order valence-corrected chi connectivity index (χ4v) is 9.22. The van der Waals surface area contributed by atoms with Crippen LogP contribution in [0.3, 0.4) is 0 Å². The van der Waals surface area contributed by atoms with Gasteiger partial charge in [0.2, 0.25) is 9.84 Å². The lowest BCUT2D eigenvalue weighted by Crippen LogP contribution is -2.36. The summed E-state index contributed by atoms with van der Waals surface area (Å²) in [5.41, 5.74) is 1.72. The van der Waals surface area contributed by atoms with Gasteiger partial charge in [-0.15, -0.1) is 0 Å². The molecule has 0 saturated carbocycles. The Bertz CT molecular complexity index is 1910. The summed E-state index contributed by atoms with van der Waals surface area (Å²) in [6, 6.07) is 25.4. The molecule has 14 heteroatoms. The quantitative estimate of drug-likeness (QED) is 0.187. The van der Waals surface area contributed by atoms with E-state index in [-0.39, 0.29) is 5.75 Å². The minimum atomic E-state index is -4.90. The van der Waals surface area contributed by atoms with Gasteiger partial charge in [-0.3, -0.25) is 0 Å². The highest BCUT2D eigenvalue weighted by molar-refractivity contribution is 9.10. The lowest BCUT2D eigenvalue weighted by atomic mass is 10.2. The molecular weight excluding hydrogens is 794 g/mol. The fraction of sp³-hybridized carbons (Fsp3) is 0.294. The zero-order valence-electron chi connectivity index (χ0n) is 25.8. The molecule has 0 N–H and O–H groups in total. The van der Waals surface area contributed by atoms with Crippen molar-refractivity contribution in [1.29, 1.82) is 0 Å². The third-order valence-corrected chi connectivity index (χ3v) is 12.1. The molecule has 0 aromatic heterocycles. The summed E-state index contributed by atoms with van der Waals surface area (Å²) >= 11 is 6.66. The first-order valence-corrected chi connectivity index (χ1v) is 19.8. The lowest BCUT2D eigenvalue weighted by molar-refractivity contribution is 0.0905. The maximum Gasteiger partial charge on any atom is 0.375 e. The Morgan fingerprint density at radius 2 is 1.06 bits per heavy atom. The Morgan fingerprint density at radius 1 is 0.625 bits per heavy atom. The molecular formula is C34H34Br2F2N2O6S2. The molecule has 2 saturated heterocycles. The number of rotatable bonds is 8. The predicted octanol–water partition coefficient (Wildman–Crippen LogP) is 7.07. The summed E-state index contributed by atoms with van der Waals surface area (Å²) < 4.78 is 91.9. The molecule has 0 atom stereocenters. The van der Waals surface area contributed by atoms with Crippen LogP contribution < -0.4 is 9.80 Å². The molecule has 4 aromatic carbocycles. The van der Waals surface area contributed by atoms with Crippen LogP contribution in [-0.2, 0) is 40.2 Å². The largest absolute Gasteiger partial charge is 0.378 e. The van der Waals surface area contributed by atoms with Gasteiger partial charge in [-0.1, -0.05) is 92.5 Å². The maximum atomic E-state index is 14.7. The van der Waals surface area contributed by atoms with E-state index in [1.807, 2.05) is 41.3 Å². The molecule has 256 valence electrons. The highest BCUT2D eigenvalue weighted by Crippen LogP contribution is 2.40. The number of ether oxygens (including phenoxy) is 2. The maximum absolute atomic E-state index is 14.7. The van der Waals surface area contributed by atoms with Crippen LogP contribution in [0.25, 0.3) is 0 Å². The summed E-state index contributed by atoms with van der Waals surface area (Å²) in [4.78, 5) is 3.98. The van der Waals surface area contributed by atoms with Crippen LogP contribution in [0.4, 0.5) is 20.2 Å². The average Bonchev–Trinajstić information content (AvgIpc) is 3.09. The van der Waals surface area contributed by atoms with Crippen molar-refractivity contribution < 1.29 is 35.1 Å². The molecule has 48 heavy (non-hydrogen) atoms. The van der Waals surface area contributed by atoms with Crippen LogP contribution >= 0.6 is 31.9 Å². The summed E-state index contributed by atoms with van der Waals surface area (Å²) in [7, 11) is -8.28. The number of hydrogen-bond donors (Lipinski definition) is 0. The van der Waals surface area contributed by atoms with Crippen LogP contribution in [0.1, 0.15) is 11.1 Å². The van der Waals surface area contributed by atoms with E-state index in [0.29, 0.717) is 54.6 Å². The highest BCUT2D eigenvalue weighted by Gasteiger charge is 2.48. The first-order valence-electron chi connectivity index (χ1n) is 15.1. The van der Waals surface area contributed by atoms with Gasteiger partial charge in [0.25, 0.3) is 0 Å². The molecule has 4 aromatic rings. The molecule has 2 fully saturated rings. The third-order valence-electron chi connectivity index (χ3n) is 7.78.